The molecule has 1 aromatic heterocycles. The van der Waals surface area contributed by atoms with E-state index in [1.807, 2.05) is 6.92 Å². The molecule has 0 atom stereocenters. The number of furan rings is 1. The number of halogens is 1. The lowest BCUT2D eigenvalue weighted by atomic mass is 10.2. The SMILES string of the molecule is Cc1ccc(S(=O)(=O)NNC(=O)c2ccoc2C)c(Br)c1. The van der Waals surface area contributed by atoms with E-state index in [9.17, 15) is 13.2 Å². The number of benzene rings is 1. The molecule has 0 aliphatic rings. The quantitative estimate of drug-likeness (QED) is 0.805. The van der Waals surface area contributed by atoms with Gasteiger partial charge >= 0.3 is 0 Å². The number of nitrogens with one attached hydrogen (secondary N) is 2. The Kier molecular flexibility index (Phi) is 4.50. The zero-order chi connectivity index (χ0) is 15.6. The van der Waals surface area contributed by atoms with Crippen LogP contribution in [0, 0.1) is 13.8 Å². The van der Waals surface area contributed by atoms with Crippen LogP contribution in [0.3, 0.4) is 0 Å². The third kappa shape index (κ3) is 3.52. The van der Waals surface area contributed by atoms with Gasteiger partial charge in [0.05, 0.1) is 16.7 Å². The number of hydrazine groups is 1. The van der Waals surface area contributed by atoms with E-state index in [4.69, 9.17) is 4.42 Å². The molecule has 2 rings (SSSR count). The van der Waals surface area contributed by atoms with Crippen molar-refractivity contribution in [2.24, 2.45) is 0 Å². The van der Waals surface area contributed by atoms with Crippen molar-refractivity contribution in [2.45, 2.75) is 18.7 Å². The highest BCUT2D eigenvalue weighted by Gasteiger charge is 2.19. The second kappa shape index (κ2) is 6.00. The summed E-state index contributed by atoms with van der Waals surface area (Å²) in [6.45, 7) is 3.46. The molecule has 8 heteroatoms. The lowest BCUT2D eigenvalue weighted by molar-refractivity contribution is 0.0943. The Morgan fingerprint density at radius 2 is 1.95 bits per heavy atom. The average Bonchev–Trinajstić information content (AvgIpc) is 2.82. The van der Waals surface area contributed by atoms with Crippen LogP contribution in [-0.2, 0) is 10.0 Å². The van der Waals surface area contributed by atoms with Crippen LogP contribution < -0.4 is 10.3 Å². The molecule has 0 saturated heterocycles. The van der Waals surface area contributed by atoms with Gasteiger partial charge in [-0.25, -0.2) is 8.42 Å². The molecule has 0 radical (unpaired) electrons. The van der Waals surface area contributed by atoms with Gasteiger partial charge in [-0.15, -0.1) is 4.83 Å². The highest BCUT2D eigenvalue weighted by molar-refractivity contribution is 9.10. The highest BCUT2D eigenvalue weighted by Crippen LogP contribution is 2.22. The average molecular weight is 373 g/mol. The standard InChI is InChI=1S/C13H13BrN2O4S/c1-8-3-4-12(11(14)7-8)21(18,19)16-15-13(17)10-5-6-20-9(10)2/h3-7,16H,1-2H3,(H,15,17). The fourth-order valence-corrected chi connectivity index (χ4v) is 3.71. The highest BCUT2D eigenvalue weighted by atomic mass is 79.9. The number of sulfonamides is 1. The number of amides is 1. The molecule has 0 bridgehead atoms. The summed E-state index contributed by atoms with van der Waals surface area (Å²) in [5.41, 5.74) is 3.33. The van der Waals surface area contributed by atoms with Crippen LogP contribution >= 0.6 is 15.9 Å². The molecule has 0 fully saturated rings. The second-order valence-corrected chi connectivity index (χ2v) is 6.89. The van der Waals surface area contributed by atoms with Crippen LogP contribution in [0.1, 0.15) is 21.7 Å². The molecule has 0 spiro atoms. The molecular weight excluding hydrogens is 360 g/mol. The first-order valence-electron chi connectivity index (χ1n) is 5.93. The molecule has 0 unspecified atom stereocenters. The van der Waals surface area contributed by atoms with E-state index in [0.29, 0.717) is 10.2 Å². The van der Waals surface area contributed by atoms with E-state index in [0.717, 1.165) is 5.56 Å². The van der Waals surface area contributed by atoms with Crippen LogP contribution in [0.15, 0.2) is 44.3 Å². The summed E-state index contributed by atoms with van der Waals surface area (Å²) in [6.07, 6.45) is 1.36. The first-order valence-corrected chi connectivity index (χ1v) is 8.21. The first kappa shape index (κ1) is 15.7. The Bertz CT molecular complexity index is 783. The second-order valence-electron chi connectivity index (χ2n) is 4.38. The smallest absolute Gasteiger partial charge is 0.269 e. The molecule has 6 nitrogen and oxygen atoms in total. The summed E-state index contributed by atoms with van der Waals surface area (Å²) in [5.74, 6) is -0.184. The number of rotatable bonds is 4. The van der Waals surface area contributed by atoms with Crippen molar-refractivity contribution in [1.82, 2.24) is 10.3 Å². The largest absolute Gasteiger partial charge is 0.469 e. The van der Waals surface area contributed by atoms with Crippen molar-refractivity contribution in [3.8, 4) is 0 Å². The third-order valence-corrected chi connectivity index (χ3v) is 5.00. The van der Waals surface area contributed by atoms with Gasteiger partial charge in [0.1, 0.15) is 5.76 Å². The van der Waals surface area contributed by atoms with Crippen LogP contribution in [0.25, 0.3) is 0 Å². The van der Waals surface area contributed by atoms with Crippen molar-refractivity contribution >= 4 is 31.9 Å². The lowest BCUT2D eigenvalue weighted by Crippen LogP contribution is -2.41. The summed E-state index contributed by atoms with van der Waals surface area (Å²) < 4.78 is 29.7. The van der Waals surface area contributed by atoms with Crippen LogP contribution in [0.4, 0.5) is 0 Å². The zero-order valence-electron chi connectivity index (χ0n) is 11.3. The van der Waals surface area contributed by atoms with Crippen molar-refractivity contribution in [3.63, 3.8) is 0 Å². The maximum absolute atomic E-state index is 12.1. The van der Waals surface area contributed by atoms with Gasteiger partial charge in [-0.1, -0.05) is 6.07 Å². The molecule has 0 aliphatic heterocycles. The van der Waals surface area contributed by atoms with Crippen molar-refractivity contribution in [1.29, 1.82) is 0 Å². The minimum atomic E-state index is -3.87. The number of carbonyl (C=O) groups is 1. The number of hydrogen-bond acceptors (Lipinski definition) is 4. The number of aryl methyl sites for hydroxylation is 2. The summed E-state index contributed by atoms with van der Waals surface area (Å²) in [4.78, 5) is 13.9. The molecule has 0 aliphatic carbocycles. The van der Waals surface area contributed by atoms with Gasteiger partial charge in [0.2, 0.25) is 0 Å². The molecule has 1 heterocycles. The summed E-state index contributed by atoms with van der Waals surface area (Å²) in [5, 5.41) is 0. The molecule has 1 aromatic carbocycles. The van der Waals surface area contributed by atoms with E-state index < -0.39 is 15.9 Å². The molecule has 0 saturated carbocycles. The summed E-state index contributed by atoms with van der Waals surface area (Å²) in [7, 11) is -3.87. The molecule has 112 valence electrons. The van der Waals surface area contributed by atoms with E-state index in [2.05, 4.69) is 26.2 Å². The fourth-order valence-electron chi connectivity index (χ4n) is 1.68. The summed E-state index contributed by atoms with van der Waals surface area (Å²) >= 11 is 3.19. The Hall–Kier alpha value is -1.64. The predicted molar refractivity (Wildman–Crippen MR) is 80.1 cm³/mol. The first-order chi connectivity index (χ1) is 9.81. The Morgan fingerprint density at radius 1 is 1.24 bits per heavy atom. The van der Waals surface area contributed by atoms with Gasteiger partial charge < -0.3 is 4.42 Å². The topological polar surface area (TPSA) is 88.4 Å². The van der Waals surface area contributed by atoms with Crippen LogP contribution in [0.2, 0.25) is 0 Å². The number of hydrogen-bond donors (Lipinski definition) is 2. The minimum absolute atomic E-state index is 0.0392. The zero-order valence-corrected chi connectivity index (χ0v) is 13.7. The Morgan fingerprint density at radius 3 is 2.52 bits per heavy atom. The van der Waals surface area contributed by atoms with Crippen molar-refractivity contribution in [2.75, 3.05) is 0 Å². The van der Waals surface area contributed by atoms with E-state index in [-0.39, 0.29) is 10.5 Å². The maximum atomic E-state index is 12.1. The molecular formula is C13H13BrN2O4S. The van der Waals surface area contributed by atoms with E-state index >= 15 is 0 Å². The normalized spacial score (nSPS) is 11.4. The molecule has 21 heavy (non-hydrogen) atoms. The van der Waals surface area contributed by atoms with E-state index in [1.54, 1.807) is 19.1 Å². The predicted octanol–water partition coefficient (Wildman–Crippen LogP) is 2.28. The van der Waals surface area contributed by atoms with Gasteiger partial charge in [0.15, 0.2) is 0 Å². The van der Waals surface area contributed by atoms with E-state index in [1.165, 1.54) is 18.4 Å². The summed E-state index contributed by atoms with van der Waals surface area (Å²) in [6, 6.07) is 6.26. The van der Waals surface area contributed by atoms with Gasteiger partial charge in [-0.2, -0.15) is 0 Å². The van der Waals surface area contributed by atoms with Gasteiger partial charge in [0.25, 0.3) is 15.9 Å². The monoisotopic (exact) mass is 372 g/mol. The fraction of sp³-hybridized carbons (Fsp3) is 0.154. The lowest BCUT2D eigenvalue weighted by Gasteiger charge is -2.10. The number of carbonyl (C=O) groups excluding carboxylic acids is 1. The van der Waals surface area contributed by atoms with Gasteiger partial charge in [-0.3, -0.25) is 10.2 Å². The van der Waals surface area contributed by atoms with Gasteiger partial charge in [-0.05, 0) is 53.5 Å². The van der Waals surface area contributed by atoms with Gasteiger partial charge in [0, 0.05) is 4.47 Å². The van der Waals surface area contributed by atoms with Crippen molar-refractivity contribution in [3.05, 3.63) is 51.9 Å². The Balaban J connectivity index is 2.15. The minimum Gasteiger partial charge on any atom is -0.469 e. The van der Waals surface area contributed by atoms with Crippen molar-refractivity contribution < 1.29 is 17.6 Å². The molecule has 1 amide bonds. The molecule has 2 aromatic rings. The third-order valence-electron chi connectivity index (χ3n) is 2.78. The van der Waals surface area contributed by atoms with Crippen LogP contribution in [0.5, 0.6) is 0 Å². The molecule has 2 N–H and O–H groups in total. The Labute approximate surface area is 130 Å². The van der Waals surface area contributed by atoms with Crippen LogP contribution in [-0.4, -0.2) is 14.3 Å². The maximum Gasteiger partial charge on any atom is 0.269 e.